The first-order valence-electron chi connectivity index (χ1n) is 8.23. The van der Waals surface area contributed by atoms with Crippen molar-refractivity contribution in [2.75, 3.05) is 12.4 Å². The zero-order valence-corrected chi connectivity index (χ0v) is 14.9. The topological polar surface area (TPSA) is 136 Å². The molecule has 2 N–H and O–H groups in total. The summed E-state index contributed by atoms with van der Waals surface area (Å²) in [5.74, 6) is -2.22. The van der Waals surface area contributed by atoms with E-state index < -0.39 is 34.3 Å². The van der Waals surface area contributed by atoms with Gasteiger partial charge in [-0.25, -0.2) is 4.79 Å². The van der Waals surface area contributed by atoms with Gasteiger partial charge in [-0.1, -0.05) is 12.1 Å². The molecule has 1 amide bonds. The smallest absolute Gasteiger partial charge is 0.337 e. The quantitative estimate of drug-likeness (QED) is 0.470. The summed E-state index contributed by atoms with van der Waals surface area (Å²) in [6.07, 6.45) is 0. The molecule has 2 unspecified atom stereocenters. The van der Waals surface area contributed by atoms with Gasteiger partial charge in [0, 0.05) is 11.0 Å². The predicted molar refractivity (Wildman–Crippen MR) is 94.5 cm³/mol. The van der Waals surface area contributed by atoms with E-state index in [9.17, 15) is 24.5 Å². The number of anilines is 1. The van der Waals surface area contributed by atoms with Crippen LogP contribution in [0.4, 0.5) is 5.82 Å². The number of ether oxygens (including phenoxy) is 1. The van der Waals surface area contributed by atoms with Crippen molar-refractivity contribution >= 4 is 17.7 Å². The standard InChI is InChI=1S/C17H18N4O6/c1-8(2)20-14-12(15(22)19-20)11(13(21(25)26)16(23)18-14)9-4-6-10(7-5-9)17(24)27-3/h4-8,11,13H,1-3H3,(H,18,23)(H,19,22). The SMILES string of the molecule is COC(=O)c1ccc(C2c3c(n(C(C)C)[nH]c3=O)NC(=O)C2[N+](=O)[O-])cc1. The Hall–Kier alpha value is -3.43. The van der Waals surface area contributed by atoms with Crippen LogP contribution in [0.3, 0.4) is 0 Å². The van der Waals surface area contributed by atoms with Crippen LogP contribution in [0.25, 0.3) is 0 Å². The van der Waals surface area contributed by atoms with Gasteiger partial charge in [0.25, 0.3) is 5.56 Å². The van der Waals surface area contributed by atoms with Crippen molar-refractivity contribution in [3.8, 4) is 0 Å². The summed E-state index contributed by atoms with van der Waals surface area (Å²) in [7, 11) is 1.24. The predicted octanol–water partition coefficient (Wildman–Crippen LogP) is 1.27. The highest BCUT2D eigenvalue weighted by Crippen LogP contribution is 2.37. The molecule has 0 bridgehead atoms. The molecule has 142 valence electrons. The third-order valence-corrected chi connectivity index (χ3v) is 4.53. The normalized spacial score (nSPS) is 18.7. The minimum Gasteiger partial charge on any atom is -0.465 e. The van der Waals surface area contributed by atoms with Gasteiger partial charge in [0.15, 0.2) is 0 Å². The molecule has 1 aromatic heterocycles. The summed E-state index contributed by atoms with van der Waals surface area (Å²) < 4.78 is 6.11. The number of benzene rings is 1. The fourth-order valence-electron chi connectivity index (χ4n) is 3.28. The Kier molecular flexibility index (Phi) is 4.56. The third kappa shape index (κ3) is 2.98. The molecule has 10 nitrogen and oxygen atoms in total. The van der Waals surface area contributed by atoms with Crippen molar-refractivity contribution in [1.29, 1.82) is 0 Å². The maximum Gasteiger partial charge on any atom is 0.337 e. The summed E-state index contributed by atoms with van der Waals surface area (Å²) in [6, 6.07) is 4.03. The van der Waals surface area contributed by atoms with Gasteiger partial charge in [0.05, 0.1) is 24.2 Å². The minimum atomic E-state index is -1.66. The van der Waals surface area contributed by atoms with Gasteiger partial charge < -0.3 is 10.1 Å². The second-order valence-corrected chi connectivity index (χ2v) is 6.48. The molecule has 27 heavy (non-hydrogen) atoms. The lowest BCUT2D eigenvalue weighted by Gasteiger charge is -2.26. The second kappa shape index (κ2) is 6.71. The van der Waals surface area contributed by atoms with Gasteiger partial charge in [0.1, 0.15) is 5.82 Å². The van der Waals surface area contributed by atoms with Gasteiger partial charge in [-0.15, -0.1) is 0 Å². The lowest BCUT2D eigenvalue weighted by molar-refractivity contribution is -0.509. The molecule has 1 aliphatic rings. The Morgan fingerprint density at radius 1 is 1.26 bits per heavy atom. The number of nitro groups is 1. The fraction of sp³-hybridized carbons (Fsp3) is 0.353. The van der Waals surface area contributed by atoms with Crippen molar-refractivity contribution in [2.24, 2.45) is 0 Å². The summed E-state index contributed by atoms with van der Waals surface area (Å²) >= 11 is 0. The Balaban J connectivity index is 2.19. The van der Waals surface area contributed by atoms with E-state index in [0.717, 1.165) is 0 Å². The monoisotopic (exact) mass is 374 g/mol. The molecule has 0 saturated heterocycles. The average molecular weight is 374 g/mol. The molecule has 3 rings (SSSR count). The molecule has 2 aromatic rings. The maximum atomic E-state index is 12.5. The van der Waals surface area contributed by atoms with Gasteiger partial charge in [-0.2, -0.15) is 0 Å². The van der Waals surface area contributed by atoms with Crippen molar-refractivity contribution < 1.29 is 19.2 Å². The van der Waals surface area contributed by atoms with E-state index in [2.05, 4.69) is 15.2 Å². The molecule has 0 radical (unpaired) electrons. The van der Waals surface area contributed by atoms with Crippen LogP contribution in [0.15, 0.2) is 29.1 Å². The zero-order chi connectivity index (χ0) is 19.9. The molecule has 1 aromatic carbocycles. The maximum absolute atomic E-state index is 12.5. The highest BCUT2D eigenvalue weighted by molar-refractivity contribution is 5.98. The number of hydrogen-bond acceptors (Lipinski definition) is 6. The first-order valence-corrected chi connectivity index (χ1v) is 8.23. The zero-order valence-electron chi connectivity index (χ0n) is 14.9. The number of carbonyl (C=O) groups excluding carboxylic acids is 2. The molecular formula is C17H18N4O6. The van der Waals surface area contributed by atoms with Crippen molar-refractivity contribution in [2.45, 2.75) is 31.8 Å². The molecule has 0 fully saturated rings. The van der Waals surface area contributed by atoms with Crippen LogP contribution in [-0.4, -0.2) is 39.7 Å². The number of carbonyl (C=O) groups is 2. The largest absolute Gasteiger partial charge is 0.465 e. The number of rotatable bonds is 4. The molecule has 2 atom stereocenters. The van der Waals surface area contributed by atoms with E-state index in [0.29, 0.717) is 5.56 Å². The Morgan fingerprint density at radius 2 is 1.89 bits per heavy atom. The van der Waals surface area contributed by atoms with Crippen molar-refractivity contribution in [3.05, 3.63) is 61.4 Å². The Morgan fingerprint density at radius 3 is 2.41 bits per heavy atom. The van der Waals surface area contributed by atoms with E-state index in [4.69, 9.17) is 0 Å². The number of nitrogens with one attached hydrogen (secondary N) is 2. The number of esters is 1. The van der Waals surface area contributed by atoms with Crippen molar-refractivity contribution in [3.63, 3.8) is 0 Å². The number of methoxy groups -OCH3 is 1. The van der Waals surface area contributed by atoms with E-state index in [1.807, 2.05) is 13.8 Å². The van der Waals surface area contributed by atoms with Crippen LogP contribution in [0.5, 0.6) is 0 Å². The van der Waals surface area contributed by atoms with Crippen LogP contribution in [0.2, 0.25) is 0 Å². The highest BCUT2D eigenvalue weighted by Gasteiger charge is 2.48. The van der Waals surface area contributed by atoms with Crippen LogP contribution >= 0.6 is 0 Å². The van der Waals surface area contributed by atoms with Crippen LogP contribution in [0, 0.1) is 10.1 Å². The first-order chi connectivity index (χ1) is 12.8. The summed E-state index contributed by atoms with van der Waals surface area (Å²) in [4.78, 5) is 47.5. The number of hydrogen-bond donors (Lipinski definition) is 2. The molecule has 0 spiro atoms. The molecular weight excluding hydrogens is 356 g/mol. The Labute approximate surface area is 153 Å². The number of H-pyrrole nitrogens is 1. The molecule has 2 heterocycles. The lowest BCUT2D eigenvalue weighted by atomic mass is 9.83. The van der Waals surface area contributed by atoms with Gasteiger partial charge in [-0.3, -0.25) is 29.5 Å². The lowest BCUT2D eigenvalue weighted by Crippen LogP contribution is -2.45. The van der Waals surface area contributed by atoms with Gasteiger partial charge >= 0.3 is 17.9 Å². The van der Waals surface area contributed by atoms with E-state index in [-0.39, 0.29) is 23.0 Å². The molecule has 0 saturated carbocycles. The van der Waals surface area contributed by atoms with Gasteiger partial charge in [0.2, 0.25) is 0 Å². The van der Waals surface area contributed by atoms with E-state index >= 15 is 0 Å². The third-order valence-electron chi connectivity index (χ3n) is 4.53. The number of aromatic nitrogens is 2. The minimum absolute atomic E-state index is 0.121. The second-order valence-electron chi connectivity index (χ2n) is 6.48. The van der Waals surface area contributed by atoms with Gasteiger partial charge in [-0.05, 0) is 31.5 Å². The molecule has 0 aliphatic carbocycles. The van der Waals surface area contributed by atoms with Crippen LogP contribution in [-0.2, 0) is 9.53 Å². The van der Waals surface area contributed by atoms with Crippen molar-refractivity contribution in [1.82, 2.24) is 9.78 Å². The molecule has 10 heteroatoms. The Bertz CT molecular complexity index is 972. The summed E-state index contributed by atoms with van der Waals surface area (Å²) in [5.41, 5.74) is 0.254. The summed E-state index contributed by atoms with van der Waals surface area (Å²) in [5, 5.41) is 16.7. The van der Waals surface area contributed by atoms with Crippen LogP contribution < -0.4 is 10.9 Å². The molecule has 1 aliphatic heterocycles. The number of amides is 1. The number of aromatic amines is 1. The first kappa shape index (κ1) is 18.4. The fourth-order valence-corrected chi connectivity index (χ4v) is 3.28. The average Bonchev–Trinajstić information content (AvgIpc) is 2.96. The number of fused-ring (bicyclic) bond motifs is 1. The van der Waals surface area contributed by atoms with E-state index in [1.54, 1.807) is 0 Å². The summed E-state index contributed by atoms with van der Waals surface area (Å²) in [6.45, 7) is 3.62. The highest BCUT2D eigenvalue weighted by atomic mass is 16.6. The number of nitrogens with zero attached hydrogens (tertiary/aromatic N) is 2. The van der Waals surface area contributed by atoms with Crippen LogP contribution in [0.1, 0.15) is 47.3 Å². The van der Waals surface area contributed by atoms with E-state index in [1.165, 1.54) is 36.1 Å².